The molecule has 32 heavy (non-hydrogen) atoms. The average molecular weight is 425 g/mol. The van der Waals surface area contributed by atoms with Crippen LogP contribution in [0.5, 0.6) is 0 Å². The summed E-state index contributed by atoms with van der Waals surface area (Å²) in [5, 5.41) is 4.52. The van der Waals surface area contributed by atoms with E-state index in [0.717, 1.165) is 59.8 Å². The molecule has 0 bridgehead atoms. The van der Waals surface area contributed by atoms with Gasteiger partial charge in [0.1, 0.15) is 11.5 Å². The van der Waals surface area contributed by atoms with Gasteiger partial charge in [-0.1, -0.05) is 6.07 Å². The van der Waals surface area contributed by atoms with E-state index in [9.17, 15) is 0 Å². The summed E-state index contributed by atoms with van der Waals surface area (Å²) in [4.78, 5) is 21.5. The maximum atomic E-state index is 4.79. The fraction of sp³-hybridized carbons (Fsp3) is 0.208. The summed E-state index contributed by atoms with van der Waals surface area (Å²) < 4.78 is 1.92. The van der Waals surface area contributed by atoms with Crippen LogP contribution in [0.3, 0.4) is 0 Å². The summed E-state index contributed by atoms with van der Waals surface area (Å²) >= 11 is 0. The zero-order chi connectivity index (χ0) is 21.5. The highest BCUT2D eigenvalue weighted by Crippen LogP contribution is 2.29. The zero-order valence-corrected chi connectivity index (χ0v) is 17.9. The second kappa shape index (κ2) is 7.65. The first-order chi connectivity index (χ1) is 15.7. The van der Waals surface area contributed by atoms with Gasteiger partial charge in [-0.05, 0) is 37.4 Å². The van der Waals surface area contributed by atoms with Crippen LogP contribution >= 0.6 is 0 Å². The van der Waals surface area contributed by atoms with Gasteiger partial charge in [-0.2, -0.15) is 0 Å². The number of piperazine rings is 1. The minimum absolute atomic E-state index is 0.692. The van der Waals surface area contributed by atoms with Gasteiger partial charge in [-0.25, -0.2) is 15.0 Å². The second-order valence-electron chi connectivity index (χ2n) is 8.24. The van der Waals surface area contributed by atoms with Crippen LogP contribution < -0.4 is 10.2 Å². The number of imidazole rings is 1. The van der Waals surface area contributed by atoms with Crippen molar-refractivity contribution in [2.45, 2.75) is 0 Å². The van der Waals surface area contributed by atoms with Gasteiger partial charge in [0.25, 0.3) is 0 Å². The van der Waals surface area contributed by atoms with E-state index in [2.05, 4.69) is 67.4 Å². The normalized spacial score (nSPS) is 15.0. The summed E-state index contributed by atoms with van der Waals surface area (Å²) in [5.41, 5.74) is 5.21. The Morgan fingerprint density at radius 1 is 1.03 bits per heavy atom. The van der Waals surface area contributed by atoms with Gasteiger partial charge >= 0.3 is 0 Å². The number of pyridine rings is 1. The molecule has 0 spiro atoms. The molecule has 5 aromatic rings. The predicted molar refractivity (Wildman–Crippen MR) is 128 cm³/mol. The minimum Gasteiger partial charge on any atom is -0.369 e. The summed E-state index contributed by atoms with van der Waals surface area (Å²) in [6, 6.07) is 12.7. The molecule has 8 nitrogen and oxygen atoms in total. The van der Waals surface area contributed by atoms with Crippen LogP contribution in [-0.4, -0.2) is 62.5 Å². The number of nitrogens with one attached hydrogen (secondary N) is 2. The predicted octanol–water partition coefficient (Wildman–Crippen LogP) is 3.77. The molecule has 1 aromatic carbocycles. The van der Waals surface area contributed by atoms with Gasteiger partial charge in [0.2, 0.25) is 5.78 Å². The zero-order valence-electron chi connectivity index (χ0n) is 17.9. The number of rotatable bonds is 4. The average Bonchev–Trinajstić information content (AvgIpc) is 3.46. The van der Waals surface area contributed by atoms with Crippen LogP contribution in [-0.2, 0) is 0 Å². The fourth-order valence-electron chi connectivity index (χ4n) is 4.26. The standard InChI is InChI=1S/C24H24N8/c1-30-9-11-31(12-10-30)19-4-2-3-18(13-19)28-22-6-5-20-21(15-26-23(20)29-22)17-14-27-24-25-7-8-32(24)16-17/h2-8,13-16H,9-12H2,1H3,(H2,26,28,29). The highest BCUT2D eigenvalue weighted by Gasteiger charge is 2.15. The van der Waals surface area contributed by atoms with E-state index in [1.54, 1.807) is 6.20 Å². The van der Waals surface area contributed by atoms with Gasteiger partial charge < -0.3 is 20.1 Å². The van der Waals surface area contributed by atoms with Crippen molar-refractivity contribution in [3.63, 3.8) is 0 Å². The van der Waals surface area contributed by atoms with Gasteiger partial charge in [0, 0.05) is 85.1 Å². The van der Waals surface area contributed by atoms with Gasteiger partial charge in [0.15, 0.2) is 0 Å². The number of hydrogen-bond donors (Lipinski definition) is 2. The summed E-state index contributed by atoms with van der Waals surface area (Å²) in [7, 11) is 2.18. The molecule has 1 aliphatic rings. The van der Waals surface area contributed by atoms with Gasteiger partial charge in [-0.15, -0.1) is 0 Å². The van der Waals surface area contributed by atoms with E-state index in [4.69, 9.17) is 4.98 Å². The molecular formula is C24H24N8. The Morgan fingerprint density at radius 2 is 1.94 bits per heavy atom. The van der Waals surface area contributed by atoms with E-state index >= 15 is 0 Å². The number of nitrogens with zero attached hydrogens (tertiary/aromatic N) is 6. The van der Waals surface area contributed by atoms with E-state index in [0.29, 0.717) is 5.78 Å². The first-order valence-corrected chi connectivity index (χ1v) is 10.8. The summed E-state index contributed by atoms with van der Waals surface area (Å²) in [6.07, 6.45) is 9.51. The highest BCUT2D eigenvalue weighted by atomic mass is 15.2. The SMILES string of the molecule is CN1CCN(c2cccc(Nc3ccc4c(-c5cnc6nccn6c5)c[nH]c4n3)c2)CC1. The van der Waals surface area contributed by atoms with Gasteiger partial charge in [0.05, 0.1) is 0 Å². The number of aromatic nitrogens is 5. The van der Waals surface area contributed by atoms with E-state index < -0.39 is 0 Å². The van der Waals surface area contributed by atoms with Crippen molar-refractivity contribution in [3.05, 3.63) is 67.4 Å². The molecule has 1 aliphatic heterocycles. The van der Waals surface area contributed by atoms with E-state index in [-0.39, 0.29) is 0 Å². The molecule has 0 saturated carbocycles. The number of aromatic amines is 1. The van der Waals surface area contributed by atoms with E-state index in [1.807, 2.05) is 35.3 Å². The molecule has 0 amide bonds. The van der Waals surface area contributed by atoms with Crippen molar-refractivity contribution in [3.8, 4) is 11.1 Å². The van der Waals surface area contributed by atoms with Crippen LogP contribution in [0.25, 0.3) is 27.9 Å². The number of fused-ring (bicyclic) bond motifs is 2. The van der Waals surface area contributed by atoms with Gasteiger partial charge in [-0.3, -0.25) is 4.40 Å². The molecule has 1 fully saturated rings. The topological polar surface area (TPSA) is 77.4 Å². The number of H-pyrrole nitrogens is 1. The Balaban J connectivity index is 1.26. The maximum absolute atomic E-state index is 4.79. The summed E-state index contributed by atoms with van der Waals surface area (Å²) in [6.45, 7) is 4.28. The third-order valence-electron chi connectivity index (χ3n) is 6.08. The lowest BCUT2D eigenvalue weighted by Crippen LogP contribution is -2.44. The Kier molecular flexibility index (Phi) is 4.50. The lowest BCUT2D eigenvalue weighted by Gasteiger charge is -2.34. The molecule has 2 N–H and O–H groups in total. The monoisotopic (exact) mass is 424 g/mol. The Bertz CT molecular complexity index is 1390. The molecular weight excluding hydrogens is 400 g/mol. The molecule has 8 heteroatoms. The van der Waals surface area contributed by atoms with E-state index in [1.165, 1.54) is 5.69 Å². The Labute approximate surface area is 185 Å². The van der Waals surface area contributed by atoms with Crippen molar-refractivity contribution >= 4 is 34.0 Å². The van der Waals surface area contributed by atoms with Crippen LogP contribution in [0.4, 0.5) is 17.2 Å². The Hall–Kier alpha value is -3.91. The number of likely N-dealkylation sites (N-methyl/N-ethyl adjacent to an activating group) is 1. The molecule has 0 radical (unpaired) electrons. The molecule has 5 heterocycles. The van der Waals surface area contributed by atoms with Crippen LogP contribution in [0, 0.1) is 0 Å². The lowest BCUT2D eigenvalue weighted by molar-refractivity contribution is 0.313. The summed E-state index contributed by atoms with van der Waals surface area (Å²) in [5.74, 6) is 1.50. The number of hydrogen-bond acceptors (Lipinski definition) is 6. The molecule has 4 aromatic heterocycles. The molecule has 0 aliphatic carbocycles. The third-order valence-corrected chi connectivity index (χ3v) is 6.08. The van der Waals surface area contributed by atoms with Crippen molar-refractivity contribution < 1.29 is 0 Å². The highest BCUT2D eigenvalue weighted by molar-refractivity contribution is 5.94. The molecule has 0 atom stereocenters. The lowest BCUT2D eigenvalue weighted by atomic mass is 10.1. The van der Waals surface area contributed by atoms with Crippen LogP contribution in [0.1, 0.15) is 0 Å². The Morgan fingerprint density at radius 3 is 2.84 bits per heavy atom. The molecule has 160 valence electrons. The molecule has 1 saturated heterocycles. The second-order valence-corrected chi connectivity index (χ2v) is 8.24. The fourth-order valence-corrected chi connectivity index (χ4v) is 4.26. The first kappa shape index (κ1) is 18.8. The molecule has 0 unspecified atom stereocenters. The van der Waals surface area contributed by atoms with Crippen molar-refractivity contribution in [2.24, 2.45) is 0 Å². The largest absolute Gasteiger partial charge is 0.369 e. The van der Waals surface area contributed by atoms with Crippen LogP contribution in [0.15, 0.2) is 67.4 Å². The van der Waals surface area contributed by atoms with Crippen molar-refractivity contribution in [1.82, 2.24) is 29.2 Å². The maximum Gasteiger partial charge on any atom is 0.233 e. The third kappa shape index (κ3) is 3.44. The minimum atomic E-state index is 0.692. The van der Waals surface area contributed by atoms with Crippen molar-refractivity contribution in [2.75, 3.05) is 43.4 Å². The number of benzene rings is 1. The number of anilines is 3. The quantitative estimate of drug-likeness (QED) is 0.457. The smallest absolute Gasteiger partial charge is 0.233 e. The molecule has 6 rings (SSSR count). The first-order valence-electron chi connectivity index (χ1n) is 10.8. The van der Waals surface area contributed by atoms with Crippen molar-refractivity contribution in [1.29, 1.82) is 0 Å². The van der Waals surface area contributed by atoms with Crippen LogP contribution in [0.2, 0.25) is 0 Å².